The molecule has 0 bridgehead atoms. The van der Waals surface area contributed by atoms with E-state index in [9.17, 15) is 4.79 Å². The SMILES string of the molecule is COCCNc1nc(N)c(C(=O)NCCOCC2CC2)s1. The van der Waals surface area contributed by atoms with Gasteiger partial charge < -0.3 is 25.8 Å². The van der Waals surface area contributed by atoms with E-state index in [0.717, 1.165) is 12.5 Å². The van der Waals surface area contributed by atoms with Crippen LogP contribution in [0.25, 0.3) is 0 Å². The number of hydrogen-bond donors (Lipinski definition) is 3. The predicted octanol–water partition coefficient (Wildman–Crippen LogP) is 0.940. The van der Waals surface area contributed by atoms with E-state index in [4.69, 9.17) is 15.2 Å². The number of ether oxygens (including phenoxy) is 2. The lowest BCUT2D eigenvalue weighted by atomic mass is 10.4. The number of methoxy groups -OCH3 is 1. The molecule has 0 spiro atoms. The van der Waals surface area contributed by atoms with Crippen LogP contribution in [-0.4, -0.2) is 50.9 Å². The van der Waals surface area contributed by atoms with Gasteiger partial charge in [-0.25, -0.2) is 4.98 Å². The molecule has 4 N–H and O–H groups in total. The van der Waals surface area contributed by atoms with E-state index < -0.39 is 0 Å². The third kappa shape index (κ3) is 5.49. The summed E-state index contributed by atoms with van der Waals surface area (Å²) in [4.78, 5) is 16.5. The Hall–Kier alpha value is -1.38. The first-order valence-electron chi connectivity index (χ1n) is 7.05. The lowest BCUT2D eigenvalue weighted by Gasteiger charge is -2.04. The van der Waals surface area contributed by atoms with Gasteiger partial charge in [0.25, 0.3) is 5.91 Å². The molecule has 0 aliphatic heterocycles. The molecule has 0 saturated heterocycles. The molecular weight excluding hydrogens is 292 g/mol. The van der Waals surface area contributed by atoms with Crippen molar-refractivity contribution in [2.75, 3.05) is 51.1 Å². The molecule has 1 fully saturated rings. The number of carbonyl (C=O) groups is 1. The lowest BCUT2D eigenvalue weighted by molar-refractivity contribution is 0.0911. The second kappa shape index (κ2) is 8.16. The van der Waals surface area contributed by atoms with Crippen molar-refractivity contribution in [1.82, 2.24) is 10.3 Å². The van der Waals surface area contributed by atoms with Gasteiger partial charge in [-0.15, -0.1) is 0 Å². The number of rotatable bonds is 10. The maximum Gasteiger partial charge on any atom is 0.265 e. The van der Waals surface area contributed by atoms with Gasteiger partial charge in [0, 0.05) is 26.8 Å². The fraction of sp³-hybridized carbons (Fsp3) is 0.692. The minimum atomic E-state index is -0.209. The average molecular weight is 314 g/mol. The maximum absolute atomic E-state index is 12.0. The van der Waals surface area contributed by atoms with Crippen molar-refractivity contribution in [3.63, 3.8) is 0 Å². The highest BCUT2D eigenvalue weighted by atomic mass is 32.1. The number of nitrogens with two attached hydrogens (primary N) is 1. The summed E-state index contributed by atoms with van der Waals surface area (Å²) in [5.41, 5.74) is 5.76. The second-order valence-electron chi connectivity index (χ2n) is 4.93. The monoisotopic (exact) mass is 314 g/mol. The molecule has 2 rings (SSSR count). The molecule has 1 amide bonds. The Morgan fingerprint density at radius 3 is 2.95 bits per heavy atom. The van der Waals surface area contributed by atoms with Crippen molar-refractivity contribution in [2.45, 2.75) is 12.8 Å². The van der Waals surface area contributed by atoms with E-state index in [0.29, 0.717) is 36.3 Å². The fourth-order valence-corrected chi connectivity index (χ4v) is 2.51. The number of hydrogen-bond acceptors (Lipinski definition) is 7. The Kier molecular flexibility index (Phi) is 6.21. The van der Waals surface area contributed by atoms with E-state index in [-0.39, 0.29) is 11.7 Å². The van der Waals surface area contributed by atoms with Gasteiger partial charge in [0.2, 0.25) is 0 Å². The van der Waals surface area contributed by atoms with Crippen LogP contribution in [0.3, 0.4) is 0 Å². The minimum Gasteiger partial charge on any atom is -0.383 e. The summed E-state index contributed by atoms with van der Waals surface area (Å²) in [5, 5.41) is 6.47. The van der Waals surface area contributed by atoms with Crippen molar-refractivity contribution < 1.29 is 14.3 Å². The largest absolute Gasteiger partial charge is 0.383 e. The summed E-state index contributed by atoms with van der Waals surface area (Å²) in [6.45, 7) is 3.00. The highest BCUT2D eigenvalue weighted by Crippen LogP contribution is 2.28. The van der Waals surface area contributed by atoms with Gasteiger partial charge >= 0.3 is 0 Å². The molecule has 0 aromatic carbocycles. The van der Waals surface area contributed by atoms with E-state index in [1.165, 1.54) is 24.2 Å². The zero-order valence-electron chi connectivity index (χ0n) is 12.2. The van der Waals surface area contributed by atoms with E-state index in [1.807, 2.05) is 0 Å². The molecule has 1 aliphatic carbocycles. The topological polar surface area (TPSA) is 98.5 Å². The zero-order chi connectivity index (χ0) is 15.1. The third-order valence-corrected chi connectivity index (χ3v) is 4.05. The second-order valence-corrected chi connectivity index (χ2v) is 5.93. The Morgan fingerprint density at radius 2 is 2.24 bits per heavy atom. The first-order valence-corrected chi connectivity index (χ1v) is 7.87. The van der Waals surface area contributed by atoms with Crippen LogP contribution in [0, 0.1) is 5.92 Å². The summed E-state index contributed by atoms with van der Waals surface area (Å²) in [5.74, 6) is 0.773. The molecule has 1 heterocycles. The maximum atomic E-state index is 12.0. The molecular formula is C13H22N4O3S. The highest BCUT2D eigenvalue weighted by molar-refractivity contribution is 7.18. The molecule has 1 saturated carbocycles. The number of thiazole rings is 1. The summed E-state index contributed by atoms with van der Waals surface area (Å²) >= 11 is 1.24. The molecule has 1 aliphatic rings. The van der Waals surface area contributed by atoms with E-state index in [1.54, 1.807) is 7.11 Å². The van der Waals surface area contributed by atoms with Crippen molar-refractivity contribution in [1.29, 1.82) is 0 Å². The Labute approximate surface area is 128 Å². The molecule has 1 aromatic heterocycles. The number of amides is 1. The quantitative estimate of drug-likeness (QED) is 0.556. The number of aromatic nitrogens is 1. The molecule has 0 unspecified atom stereocenters. The van der Waals surface area contributed by atoms with Crippen LogP contribution >= 0.6 is 11.3 Å². The smallest absolute Gasteiger partial charge is 0.265 e. The van der Waals surface area contributed by atoms with Gasteiger partial charge in [0.15, 0.2) is 5.13 Å². The average Bonchev–Trinajstić information content (AvgIpc) is 3.21. The van der Waals surface area contributed by atoms with Crippen LogP contribution in [0.5, 0.6) is 0 Å². The standard InChI is InChI=1S/C13H22N4O3S/c1-19-6-4-16-13-17-11(14)10(21-13)12(18)15-5-7-20-8-9-2-3-9/h9H,2-8,14H2,1H3,(H,15,18)(H,16,17). The van der Waals surface area contributed by atoms with Crippen molar-refractivity contribution in [2.24, 2.45) is 5.92 Å². The first-order chi connectivity index (χ1) is 10.2. The normalized spacial score (nSPS) is 14.1. The van der Waals surface area contributed by atoms with Crippen LogP contribution in [-0.2, 0) is 9.47 Å². The van der Waals surface area contributed by atoms with Crippen molar-refractivity contribution in [3.05, 3.63) is 4.88 Å². The minimum absolute atomic E-state index is 0.209. The van der Waals surface area contributed by atoms with Gasteiger partial charge in [0.1, 0.15) is 10.7 Å². The summed E-state index contributed by atoms with van der Waals surface area (Å²) in [6.07, 6.45) is 2.53. The van der Waals surface area contributed by atoms with Gasteiger partial charge in [0.05, 0.1) is 13.2 Å². The zero-order valence-corrected chi connectivity index (χ0v) is 13.0. The Balaban J connectivity index is 1.70. The Bertz CT molecular complexity index is 462. The predicted molar refractivity (Wildman–Crippen MR) is 82.8 cm³/mol. The summed E-state index contributed by atoms with van der Waals surface area (Å²) in [6, 6.07) is 0. The van der Waals surface area contributed by atoms with Crippen LogP contribution in [0.1, 0.15) is 22.5 Å². The molecule has 0 radical (unpaired) electrons. The highest BCUT2D eigenvalue weighted by Gasteiger charge is 2.21. The lowest BCUT2D eigenvalue weighted by Crippen LogP contribution is -2.27. The van der Waals surface area contributed by atoms with Gasteiger partial charge in [-0.2, -0.15) is 0 Å². The van der Waals surface area contributed by atoms with Crippen molar-refractivity contribution >= 4 is 28.2 Å². The number of carbonyl (C=O) groups excluding carboxylic acids is 1. The fourth-order valence-electron chi connectivity index (χ4n) is 1.68. The first kappa shape index (κ1) is 16.0. The molecule has 21 heavy (non-hydrogen) atoms. The molecule has 7 nitrogen and oxygen atoms in total. The van der Waals surface area contributed by atoms with Gasteiger partial charge in [-0.05, 0) is 18.8 Å². The van der Waals surface area contributed by atoms with E-state index >= 15 is 0 Å². The Morgan fingerprint density at radius 1 is 1.43 bits per heavy atom. The number of nitrogen functional groups attached to an aromatic ring is 1. The molecule has 8 heteroatoms. The van der Waals surface area contributed by atoms with Gasteiger partial charge in [-0.1, -0.05) is 11.3 Å². The molecule has 0 atom stereocenters. The van der Waals surface area contributed by atoms with Crippen LogP contribution < -0.4 is 16.4 Å². The summed E-state index contributed by atoms with van der Waals surface area (Å²) < 4.78 is 10.4. The summed E-state index contributed by atoms with van der Waals surface area (Å²) in [7, 11) is 1.63. The van der Waals surface area contributed by atoms with Crippen molar-refractivity contribution in [3.8, 4) is 0 Å². The third-order valence-electron chi connectivity index (χ3n) is 3.02. The van der Waals surface area contributed by atoms with Gasteiger partial charge in [-0.3, -0.25) is 4.79 Å². The van der Waals surface area contributed by atoms with Crippen LogP contribution in [0.4, 0.5) is 10.9 Å². The number of nitrogens with zero attached hydrogens (tertiary/aromatic N) is 1. The molecule has 118 valence electrons. The number of anilines is 2. The molecule has 1 aromatic rings. The van der Waals surface area contributed by atoms with E-state index in [2.05, 4.69) is 15.6 Å². The van der Waals surface area contributed by atoms with Crippen LogP contribution in [0.15, 0.2) is 0 Å². The number of nitrogens with one attached hydrogen (secondary N) is 2. The van der Waals surface area contributed by atoms with Crippen LogP contribution in [0.2, 0.25) is 0 Å².